The molecule has 2 aromatic carbocycles. The number of rotatable bonds is 3. The lowest BCUT2D eigenvalue weighted by molar-refractivity contribution is 0.0716. The van der Waals surface area contributed by atoms with Crippen LogP contribution in [0.3, 0.4) is 0 Å². The number of aromatic amines is 1. The molecule has 1 N–H and O–H groups in total. The molecule has 1 atom stereocenters. The zero-order valence-corrected chi connectivity index (χ0v) is 14.1. The molecule has 25 heavy (non-hydrogen) atoms. The summed E-state index contributed by atoms with van der Waals surface area (Å²) in [6.07, 6.45) is 4.63. The second-order valence-corrected chi connectivity index (χ2v) is 6.40. The van der Waals surface area contributed by atoms with Gasteiger partial charge in [-0.1, -0.05) is 42.5 Å². The zero-order chi connectivity index (χ0) is 17.2. The standard InChI is InChI=1S/C20H20N4O/c1-24(18-12-6-8-14-7-2-3-9-15(14)18)20(25)17-11-5-4-10-16(17)19-21-13-22-23-19/h2-5,7,9-11,13,18H,6,8,12H2,1H3,(H,21,22,23). The van der Waals surface area contributed by atoms with E-state index in [0.717, 1.165) is 24.8 Å². The summed E-state index contributed by atoms with van der Waals surface area (Å²) in [7, 11) is 1.90. The fourth-order valence-electron chi connectivity index (χ4n) is 3.67. The number of fused-ring (bicyclic) bond motifs is 1. The highest BCUT2D eigenvalue weighted by molar-refractivity contribution is 6.00. The van der Waals surface area contributed by atoms with Crippen LogP contribution in [0, 0.1) is 0 Å². The minimum atomic E-state index is 0.00806. The average Bonchev–Trinajstić information content (AvgIpc) is 3.21. The van der Waals surface area contributed by atoms with Crippen molar-refractivity contribution < 1.29 is 4.79 Å². The smallest absolute Gasteiger partial charge is 0.254 e. The highest BCUT2D eigenvalue weighted by atomic mass is 16.2. The first kappa shape index (κ1) is 15.6. The number of carbonyl (C=O) groups is 1. The fourth-order valence-corrected chi connectivity index (χ4v) is 3.67. The van der Waals surface area contributed by atoms with Crippen molar-refractivity contribution in [2.45, 2.75) is 25.3 Å². The van der Waals surface area contributed by atoms with Crippen LogP contribution in [-0.2, 0) is 6.42 Å². The van der Waals surface area contributed by atoms with Gasteiger partial charge in [-0.15, -0.1) is 0 Å². The van der Waals surface area contributed by atoms with E-state index in [9.17, 15) is 4.79 Å². The summed E-state index contributed by atoms with van der Waals surface area (Å²) >= 11 is 0. The van der Waals surface area contributed by atoms with Gasteiger partial charge in [0.25, 0.3) is 5.91 Å². The zero-order valence-electron chi connectivity index (χ0n) is 14.1. The molecule has 0 fully saturated rings. The van der Waals surface area contributed by atoms with E-state index in [1.807, 2.05) is 36.2 Å². The number of nitrogens with zero attached hydrogens (tertiary/aromatic N) is 3. The first-order valence-electron chi connectivity index (χ1n) is 8.55. The number of aromatic nitrogens is 3. The summed E-state index contributed by atoms with van der Waals surface area (Å²) in [4.78, 5) is 19.3. The van der Waals surface area contributed by atoms with Gasteiger partial charge in [-0.2, -0.15) is 5.10 Å². The molecule has 1 amide bonds. The Bertz CT molecular complexity index is 888. The van der Waals surface area contributed by atoms with Gasteiger partial charge in [0, 0.05) is 12.6 Å². The van der Waals surface area contributed by atoms with Crippen LogP contribution in [0.1, 0.15) is 40.4 Å². The molecule has 1 unspecified atom stereocenters. The Hall–Kier alpha value is -2.95. The van der Waals surface area contributed by atoms with E-state index in [4.69, 9.17) is 0 Å². The summed E-state index contributed by atoms with van der Waals surface area (Å²) in [6, 6.07) is 16.1. The SMILES string of the molecule is CN(C(=O)c1ccccc1-c1ncn[nH]1)C1CCCc2ccccc21. The van der Waals surface area contributed by atoms with E-state index in [1.165, 1.54) is 17.5 Å². The van der Waals surface area contributed by atoms with E-state index in [1.54, 1.807) is 0 Å². The maximum absolute atomic E-state index is 13.2. The van der Waals surface area contributed by atoms with E-state index in [0.29, 0.717) is 11.4 Å². The third-order valence-corrected chi connectivity index (χ3v) is 4.95. The molecular weight excluding hydrogens is 312 g/mol. The minimum Gasteiger partial charge on any atom is -0.335 e. The molecule has 5 heteroatoms. The number of amides is 1. The first-order valence-corrected chi connectivity index (χ1v) is 8.55. The summed E-state index contributed by atoms with van der Waals surface area (Å²) in [5, 5.41) is 6.75. The summed E-state index contributed by atoms with van der Waals surface area (Å²) in [6.45, 7) is 0. The van der Waals surface area contributed by atoms with Crippen LogP contribution in [0.15, 0.2) is 54.9 Å². The van der Waals surface area contributed by atoms with Crippen molar-refractivity contribution in [1.29, 1.82) is 0 Å². The number of carbonyl (C=O) groups excluding carboxylic acids is 1. The predicted molar refractivity (Wildman–Crippen MR) is 96.0 cm³/mol. The highest BCUT2D eigenvalue weighted by Crippen LogP contribution is 2.34. The normalized spacial score (nSPS) is 16.3. The second-order valence-electron chi connectivity index (χ2n) is 6.40. The van der Waals surface area contributed by atoms with Crippen molar-refractivity contribution in [3.05, 3.63) is 71.5 Å². The van der Waals surface area contributed by atoms with Crippen LogP contribution in [0.5, 0.6) is 0 Å². The van der Waals surface area contributed by atoms with Crippen molar-refractivity contribution in [3.63, 3.8) is 0 Å². The molecule has 0 bridgehead atoms. The summed E-state index contributed by atoms with van der Waals surface area (Å²) < 4.78 is 0. The molecule has 3 aromatic rings. The average molecular weight is 332 g/mol. The monoisotopic (exact) mass is 332 g/mol. The van der Waals surface area contributed by atoms with Crippen molar-refractivity contribution in [1.82, 2.24) is 20.1 Å². The first-order chi connectivity index (χ1) is 12.3. The Morgan fingerprint density at radius 3 is 2.80 bits per heavy atom. The third-order valence-electron chi connectivity index (χ3n) is 4.95. The van der Waals surface area contributed by atoms with Gasteiger partial charge in [0.2, 0.25) is 0 Å². The Morgan fingerprint density at radius 2 is 1.96 bits per heavy atom. The molecule has 126 valence electrons. The topological polar surface area (TPSA) is 61.9 Å². The molecule has 1 heterocycles. The lowest BCUT2D eigenvalue weighted by Crippen LogP contribution is -2.33. The maximum atomic E-state index is 13.2. The number of H-pyrrole nitrogens is 1. The van der Waals surface area contributed by atoms with Crippen LogP contribution < -0.4 is 0 Å². The number of hydrogen-bond acceptors (Lipinski definition) is 3. The molecule has 5 nitrogen and oxygen atoms in total. The molecule has 0 saturated heterocycles. The Morgan fingerprint density at radius 1 is 1.16 bits per heavy atom. The third kappa shape index (κ3) is 2.82. The van der Waals surface area contributed by atoms with Gasteiger partial charge in [-0.05, 0) is 36.5 Å². The van der Waals surface area contributed by atoms with Crippen LogP contribution >= 0.6 is 0 Å². The quantitative estimate of drug-likeness (QED) is 0.797. The predicted octanol–water partition coefficient (Wildman–Crippen LogP) is 3.62. The van der Waals surface area contributed by atoms with E-state index in [-0.39, 0.29) is 11.9 Å². The van der Waals surface area contributed by atoms with E-state index >= 15 is 0 Å². The second kappa shape index (κ2) is 6.51. The van der Waals surface area contributed by atoms with Gasteiger partial charge >= 0.3 is 0 Å². The number of hydrogen-bond donors (Lipinski definition) is 1. The Balaban J connectivity index is 1.69. The van der Waals surface area contributed by atoms with Crippen LogP contribution in [0.25, 0.3) is 11.4 Å². The summed E-state index contributed by atoms with van der Waals surface area (Å²) in [5.74, 6) is 0.620. The van der Waals surface area contributed by atoms with E-state index < -0.39 is 0 Å². The number of nitrogens with one attached hydrogen (secondary N) is 1. The van der Waals surface area contributed by atoms with Gasteiger partial charge < -0.3 is 4.90 Å². The van der Waals surface area contributed by atoms with Gasteiger partial charge in [0.1, 0.15) is 6.33 Å². The van der Waals surface area contributed by atoms with Crippen molar-refractivity contribution >= 4 is 5.91 Å². The van der Waals surface area contributed by atoms with Crippen molar-refractivity contribution in [2.24, 2.45) is 0 Å². The number of aryl methyl sites for hydroxylation is 1. The molecule has 4 rings (SSSR count). The lowest BCUT2D eigenvalue weighted by atomic mass is 9.86. The highest BCUT2D eigenvalue weighted by Gasteiger charge is 2.28. The minimum absolute atomic E-state index is 0.00806. The molecule has 1 aliphatic carbocycles. The summed E-state index contributed by atoms with van der Waals surface area (Å²) in [5.41, 5.74) is 4.04. The van der Waals surface area contributed by atoms with Gasteiger partial charge in [-0.25, -0.2) is 4.98 Å². The fraction of sp³-hybridized carbons (Fsp3) is 0.250. The molecular formula is C20H20N4O. The van der Waals surface area contributed by atoms with Gasteiger partial charge in [0.05, 0.1) is 11.6 Å². The van der Waals surface area contributed by atoms with Crippen molar-refractivity contribution in [2.75, 3.05) is 7.05 Å². The van der Waals surface area contributed by atoms with Gasteiger partial charge in [0.15, 0.2) is 5.82 Å². The van der Waals surface area contributed by atoms with Gasteiger partial charge in [-0.3, -0.25) is 9.89 Å². The maximum Gasteiger partial charge on any atom is 0.254 e. The lowest BCUT2D eigenvalue weighted by Gasteiger charge is -2.33. The molecule has 0 aliphatic heterocycles. The Kier molecular flexibility index (Phi) is 4.06. The largest absolute Gasteiger partial charge is 0.335 e. The Labute approximate surface area is 146 Å². The van der Waals surface area contributed by atoms with Crippen LogP contribution in [0.2, 0.25) is 0 Å². The van der Waals surface area contributed by atoms with Crippen molar-refractivity contribution in [3.8, 4) is 11.4 Å². The molecule has 0 radical (unpaired) electrons. The van der Waals surface area contributed by atoms with Crippen LogP contribution in [-0.4, -0.2) is 33.0 Å². The van der Waals surface area contributed by atoms with E-state index in [2.05, 4.69) is 39.4 Å². The molecule has 0 saturated carbocycles. The molecule has 1 aliphatic rings. The molecule has 1 aromatic heterocycles. The molecule has 0 spiro atoms. The number of benzene rings is 2. The van der Waals surface area contributed by atoms with Crippen LogP contribution in [0.4, 0.5) is 0 Å².